The summed E-state index contributed by atoms with van der Waals surface area (Å²) in [6.07, 6.45) is 0. The van der Waals surface area contributed by atoms with E-state index in [9.17, 15) is 0 Å². The Morgan fingerprint density at radius 3 is 1.33 bits per heavy atom. The molecule has 0 saturated carbocycles. The van der Waals surface area contributed by atoms with E-state index in [4.69, 9.17) is 9.97 Å². The van der Waals surface area contributed by atoms with E-state index in [-0.39, 0.29) is 0 Å². The molecule has 0 bridgehead atoms. The molecular weight excluding hydrogens is 436 g/mol. The molecule has 0 unspecified atom stereocenters. The van der Waals surface area contributed by atoms with Crippen molar-refractivity contribution in [3.63, 3.8) is 0 Å². The second kappa shape index (κ2) is 9.81. The predicted molar refractivity (Wildman–Crippen MR) is 148 cm³/mol. The maximum atomic E-state index is 5.06. The van der Waals surface area contributed by atoms with Gasteiger partial charge in [-0.05, 0) is 40.5 Å². The van der Waals surface area contributed by atoms with E-state index in [1.165, 1.54) is 0 Å². The fourth-order valence-corrected chi connectivity index (χ4v) is 4.54. The van der Waals surface area contributed by atoms with Crippen LogP contribution in [-0.2, 0) is 0 Å². The molecule has 5 aromatic carbocycles. The third-order valence-corrected chi connectivity index (χ3v) is 6.27. The quantitative estimate of drug-likeness (QED) is 0.258. The standard InChI is InChI=1S/C34H23N2/c1-4-14-25(15-5-1)28-20-10-12-22-30(28)32-24-33(36-34(35-32)27-18-8-3-9-19-27)31-23-13-11-21-29(31)26-16-6-2-7-17-26/h1-8,10-24H. The zero-order chi connectivity index (χ0) is 24.2. The fourth-order valence-electron chi connectivity index (χ4n) is 4.54. The molecular formula is C34H23N2. The maximum Gasteiger partial charge on any atom is 0.160 e. The minimum absolute atomic E-state index is 0.685. The summed E-state index contributed by atoms with van der Waals surface area (Å²) in [5.41, 5.74) is 9.48. The van der Waals surface area contributed by atoms with Crippen LogP contribution in [0.2, 0.25) is 0 Å². The summed E-state index contributed by atoms with van der Waals surface area (Å²) in [7, 11) is 0. The molecule has 6 rings (SSSR count). The van der Waals surface area contributed by atoms with Gasteiger partial charge in [-0.15, -0.1) is 0 Å². The van der Waals surface area contributed by atoms with E-state index in [1.54, 1.807) is 0 Å². The fraction of sp³-hybridized carbons (Fsp3) is 0. The molecule has 0 spiro atoms. The van der Waals surface area contributed by atoms with Gasteiger partial charge in [-0.2, -0.15) is 0 Å². The highest BCUT2D eigenvalue weighted by Gasteiger charge is 2.16. The minimum atomic E-state index is 0.685. The molecule has 2 heteroatoms. The maximum absolute atomic E-state index is 5.06. The van der Waals surface area contributed by atoms with Gasteiger partial charge in [0.2, 0.25) is 0 Å². The monoisotopic (exact) mass is 459 g/mol. The van der Waals surface area contributed by atoms with Crippen molar-refractivity contribution in [2.45, 2.75) is 0 Å². The molecule has 1 aromatic heterocycles. The second-order valence-corrected chi connectivity index (χ2v) is 8.58. The molecule has 0 aliphatic rings. The molecule has 0 fully saturated rings. The van der Waals surface area contributed by atoms with Gasteiger partial charge in [-0.25, -0.2) is 9.97 Å². The van der Waals surface area contributed by atoms with E-state index in [2.05, 4.69) is 109 Å². The van der Waals surface area contributed by atoms with Crippen LogP contribution in [-0.4, -0.2) is 9.97 Å². The number of rotatable bonds is 5. The lowest BCUT2D eigenvalue weighted by molar-refractivity contribution is 1.18. The first-order valence-corrected chi connectivity index (χ1v) is 12.0. The van der Waals surface area contributed by atoms with Crippen LogP contribution in [0.5, 0.6) is 0 Å². The van der Waals surface area contributed by atoms with Crippen LogP contribution in [0.25, 0.3) is 56.2 Å². The average Bonchev–Trinajstić information content (AvgIpc) is 2.98. The lowest BCUT2D eigenvalue weighted by Gasteiger charge is -2.14. The number of nitrogens with zero attached hydrogens (tertiary/aromatic N) is 2. The molecule has 0 N–H and O–H groups in total. The Bertz CT molecular complexity index is 1510. The summed E-state index contributed by atoms with van der Waals surface area (Å²) in [5, 5.41) is 0. The van der Waals surface area contributed by atoms with Gasteiger partial charge in [0.25, 0.3) is 0 Å². The Kier molecular flexibility index (Phi) is 5.91. The molecule has 0 saturated heterocycles. The Hall–Kier alpha value is -4.82. The van der Waals surface area contributed by atoms with Crippen molar-refractivity contribution in [1.82, 2.24) is 9.97 Å². The molecule has 1 heterocycles. The van der Waals surface area contributed by atoms with E-state index in [1.807, 2.05) is 36.4 Å². The van der Waals surface area contributed by atoms with Crippen molar-refractivity contribution in [2.75, 3.05) is 0 Å². The molecule has 0 amide bonds. The van der Waals surface area contributed by atoms with Crippen molar-refractivity contribution < 1.29 is 0 Å². The highest BCUT2D eigenvalue weighted by atomic mass is 14.9. The molecule has 0 aliphatic heterocycles. The van der Waals surface area contributed by atoms with Crippen LogP contribution < -0.4 is 0 Å². The van der Waals surface area contributed by atoms with Crippen LogP contribution in [0.3, 0.4) is 0 Å². The number of aromatic nitrogens is 2. The summed E-state index contributed by atoms with van der Waals surface area (Å²) >= 11 is 0. The smallest absolute Gasteiger partial charge is 0.160 e. The second-order valence-electron chi connectivity index (χ2n) is 8.58. The zero-order valence-corrected chi connectivity index (χ0v) is 19.7. The molecule has 1 radical (unpaired) electrons. The van der Waals surface area contributed by atoms with Gasteiger partial charge >= 0.3 is 0 Å². The lowest BCUT2D eigenvalue weighted by Crippen LogP contribution is -1.98. The summed E-state index contributed by atoms with van der Waals surface area (Å²) in [6.45, 7) is 0. The van der Waals surface area contributed by atoms with Crippen LogP contribution in [0.15, 0.2) is 140 Å². The van der Waals surface area contributed by atoms with Gasteiger partial charge in [0.15, 0.2) is 5.82 Å². The average molecular weight is 460 g/mol. The van der Waals surface area contributed by atoms with Gasteiger partial charge in [-0.1, -0.05) is 127 Å². The van der Waals surface area contributed by atoms with Crippen LogP contribution in [0, 0.1) is 6.07 Å². The van der Waals surface area contributed by atoms with Crippen molar-refractivity contribution in [1.29, 1.82) is 0 Å². The van der Waals surface area contributed by atoms with Gasteiger partial charge < -0.3 is 0 Å². The summed E-state index contributed by atoms with van der Waals surface area (Å²) < 4.78 is 0. The minimum Gasteiger partial charge on any atom is -0.228 e. The molecule has 2 nitrogen and oxygen atoms in total. The van der Waals surface area contributed by atoms with Crippen LogP contribution in [0.4, 0.5) is 0 Å². The van der Waals surface area contributed by atoms with Crippen molar-refractivity contribution in [2.24, 2.45) is 0 Å². The van der Waals surface area contributed by atoms with Crippen molar-refractivity contribution in [3.05, 3.63) is 146 Å². The summed E-state index contributed by atoms with van der Waals surface area (Å²) in [4.78, 5) is 10.1. The number of benzene rings is 5. The zero-order valence-electron chi connectivity index (χ0n) is 19.7. The largest absolute Gasteiger partial charge is 0.228 e. The summed E-state index contributed by atoms with van der Waals surface area (Å²) in [6, 6.07) is 50.9. The van der Waals surface area contributed by atoms with E-state index in [0.717, 1.165) is 50.3 Å². The molecule has 36 heavy (non-hydrogen) atoms. The van der Waals surface area contributed by atoms with E-state index >= 15 is 0 Å². The lowest BCUT2D eigenvalue weighted by atomic mass is 9.94. The number of hydrogen-bond donors (Lipinski definition) is 0. The van der Waals surface area contributed by atoms with Gasteiger partial charge in [0.1, 0.15) is 0 Å². The topological polar surface area (TPSA) is 25.8 Å². The third-order valence-electron chi connectivity index (χ3n) is 6.27. The normalized spacial score (nSPS) is 10.8. The molecule has 6 aromatic rings. The van der Waals surface area contributed by atoms with Crippen molar-refractivity contribution in [3.8, 4) is 56.2 Å². The van der Waals surface area contributed by atoms with Crippen LogP contribution in [0.1, 0.15) is 0 Å². The molecule has 0 atom stereocenters. The Balaban J connectivity index is 1.59. The van der Waals surface area contributed by atoms with Gasteiger partial charge in [0.05, 0.1) is 11.4 Å². The van der Waals surface area contributed by atoms with Crippen molar-refractivity contribution >= 4 is 0 Å². The van der Waals surface area contributed by atoms with E-state index in [0.29, 0.717) is 5.82 Å². The first kappa shape index (κ1) is 21.7. The predicted octanol–water partition coefficient (Wildman–Crippen LogP) is 8.61. The Morgan fingerprint density at radius 1 is 0.417 bits per heavy atom. The van der Waals surface area contributed by atoms with Gasteiger partial charge in [-0.3, -0.25) is 0 Å². The first-order chi connectivity index (χ1) is 17.9. The molecule has 0 aliphatic carbocycles. The Labute approximate surface area is 211 Å². The van der Waals surface area contributed by atoms with Crippen LogP contribution >= 0.6 is 0 Å². The van der Waals surface area contributed by atoms with Gasteiger partial charge in [0, 0.05) is 16.7 Å². The SMILES string of the molecule is [c]1cccc(-c2nc(-c3ccccc3-c3ccccc3)cc(-c3ccccc3-c3ccccc3)n2)c1. The third kappa shape index (κ3) is 4.33. The summed E-state index contributed by atoms with van der Waals surface area (Å²) in [5.74, 6) is 0.685. The Morgan fingerprint density at radius 2 is 0.861 bits per heavy atom. The highest BCUT2D eigenvalue weighted by Crippen LogP contribution is 2.36. The molecule has 169 valence electrons. The van der Waals surface area contributed by atoms with E-state index < -0.39 is 0 Å². The highest BCUT2D eigenvalue weighted by molar-refractivity contribution is 5.87. The first-order valence-electron chi connectivity index (χ1n) is 12.0. The number of hydrogen-bond acceptors (Lipinski definition) is 2.